The molecule has 0 fully saturated rings. The van der Waals surface area contributed by atoms with Crippen LogP contribution < -0.4 is 10.6 Å². The van der Waals surface area contributed by atoms with Crippen molar-refractivity contribution in [3.63, 3.8) is 0 Å². The molecule has 0 spiro atoms. The van der Waals surface area contributed by atoms with Gasteiger partial charge in [-0.15, -0.1) is 0 Å². The molecule has 1 aromatic heterocycles. The monoisotopic (exact) mass is 210 g/mol. The first-order valence-electron chi connectivity index (χ1n) is 5.19. The van der Waals surface area contributed by atoms with E-state index in [1.807, 2.05) is 17.9 Å². The quantitative estimate of drug-likeness (QED) is 0.698. The minimum atomic E-state index is 0.188. The zero-order valence-electron chi connectivity index (χ0n) is 9.06. The molecule has 0 saturated carbocycles. The van der Waals surface area contributed by atoms with Crippen LogP contribution in [0.3, 0.4) is 0 Å². The Morgan fingerprint density at radius 3 is 2.93 bits per heavy atom. The van der Waals surface area contributed by atoms with Crippen LogP contribution in [-0.2, 0) is 6.54 Å². The summed E-state index contributed by atoms with van der Waals surface area (Å²) >= 11 is 0. The van der Waals surface area contributed by atoms with Gasteiger partial charge >= 0.3 is 0 Å². The van der Waals surface area contributed by atoms with E-state index in [1.54, 1.807) is 6.20 Å². The Morgan fingerprint density at radius 1 is 1.53 bits per heavy atom. The van der Waals surface area contributed by atoms with Gasteiger partial charge in [0.2, 0.25) is 5.95 Å². The molecule has 15 heavy (non-hydrogen) atoms. The van der Waals surface area contributed by atoms with E-state index in [4.69, 9.17) is 10.8 Å². The number of aromatic nitrogens is 2. The average Bonchev–Trinajstić information content (AvgIpc) is 2.30. The first-order chi connectivity index (χ1) is 7.31. The number of nitrogens with two attached hydrogens (primary N) is 1. The van der Waals surface area contributed by atoms with Crippen LogP contribution in [0.4, 0.5) is 5.95 Å². The summed E-state index contributed by atoms with van der Waals surface area (Å²) in [7, 11) is 0. The minimum Gasteiger partial charge on any atom is -0.396 e. The molecule has 0 amide bonds. The van der Waals surface area contributed by atoms with E-state index < -0.39 is 0 Å². The number of nitrogens with zero attached hydrogens (tertiary/aromatic N) is 3. The van der Waals surface area contributed by atoms with Gasteiger partial charge in [-0.2, -0.15) is 0 Å². The zero-order chi connectivity index (χ0) is 11.1. The molecule has 84 valence electrons. The summed E-state index contributed by atoms with van der Waals surface area (Å²) in [5.74, 6) is 0.689. The molecule has 0 aromatic carbocycles. The van der Waals surface area contributed by atoms with E-state index in [-0.39, 0.29) is 6.61 Å². The van der Waals surface area contributed by atoms with Crippen molar-refractivity contribution in [1.29, 1.82) is 0 Å². The third kappa shape index (κ3) is 3.45. The number of rotatable bonds is 6. The summed E-state index contributed by atoms with van der Waals surface area (Å²) < 4.78 is 0. The van der Waals surface area contributed by atoms with Crippen LogP contribution >= 0.6 is 0 Å². The van der Waals surface area contributed by atoms with Crippen molar-refractivity contribution in [3.8, 4) is 0 Å². The molecule has 1 rings (SSSR count). The summed E-state index contributed by atoms with van der Waals surface area (Å²) in [5, 5.41) is 8.77. The van der Waals surface area contributed by atoms with E-state index in [9.17, 15) is 0 Å². The Bertz CT molecular complexity index is 293. The highest BCUT2D eigenvalue weighted by Gasteiger charge is 2.06. The Labute approximate surface area is 90.0 Å². The number of aliphatic hydroxyl groups is 1. The second kappa shape index (κ2) is 6.31. The van der Waals surface area contributed by atoms with Crippen LogP contribution in [0.25, 0.3) is 0 Å². The molecule has 0 aliphatic rings. The summed E-state index contributed by atoms with van der Waals surface area (Å²) in [6.45, 7) is 4.24. The van der Waals surface area contributed by atoms with Crippen molar-refractivity contribution in [3.05, 3.63) is 18.0 Å². The van der Waals surface area contributed by atoms with Gasteiger partial charge in [0.25, 0.3) is 0 Å². The molecule has 0 radical (unpaired) electrons. The third-order valence-corrected chi connectivity index (χ3v) is 2.16. The van der Waals surface area contributed by atoms with Crippen LogP contribution in [0.2, 0.25) is 0 Å². The van der Waals surface area contributed by atoms with E-state index in [1.165, 1.54) is 0 Å². The molecular formula is C10H18N4O. The lowest BCUT2D eigenvalue weighted by molar-refractivity contribution is 0.289. The summed E-state index contributed by atoms with van der Waals surface area (Å²) in [5.41, 5.74) is 6.35. The predicted octanol–water partition coefficient (Wildman–Crippen LogP) is 0.144. The Kier molecular flexibility index (Phi) is 5.00. The molecule has 0 saturated heterocycles. The largest absolute Gasteiger partial charge is 0.396 e. The van der Waals surface area contributed by atoms with Crippen LogP contribution in [0.1, 0.15) is 19.0 Å². The van der Waals surface area contributed by atoms with Crippen LogP contribution in [0, 0.1) is 0 Å². The highest BCUT2D eigenvalue weighted by Crippen LogP contribution is 2.07. The predicted molar refractivity (Wildman–Crippen MR) is 59.5 cm³/mol. The van der Waals surface area contributed by atoms with Crippen LogP contribution in [-0.4, -0.2) is 34.8 Å². The van der Waals surface area contributed by atoms with E-state index in [0.29, 0.717) is 12.5 Å². The number of hydrogen-bond donors (Lipinski definition) is 2. The normalized spacial score (nSPS) is 10.3. The van der Waals surface area contributed by atoms with Crippen molar-refractivity contribution in [2.45, 2.75) is 19.9 Å². The van der Waals surface area contributed by atoms with E-state index in [0.717, 1.165) is 25.2 Å². The van der Waals surface area contributed by atoms with Gasteiger partial charge in [-0.1, -0.05) is 0 Å². The fourth-order valence-electron chi connectivity index (χ4n) is 1.31. The lowest BCUT2D eigenvalue weighted by Gasteiger charge is -2.20. The van der Waals surface area contributed by atoms with Crippen molar-refractivity contribution in [2.75, 3.05) is 24.6 Å². The number of hydrogen-bond acceptors (Lipinski definition) is 5. The van der Waals surface area contributed by atoms with Gasteiger partial charge in [-0.05, 0) is 19.4 Å². The topological polar surface area (TPSA) is 75.3 Å². The van der Waals surface area contributed by atoms with E-state index in [2.05, 4.69) is 9.97 Å². The summed E-state index contributed by atoms with van der Waals surface area (Å²) in [6, 6.07) is 1.81. The van der Waals surface area contributed by atoms with E-state index >= 15 is 0 Å². The Balaban J connectivity index is 2.72. The first-order valence-corrected chi connectivity index (χ1v) is 5.19. The average molecular weight is 210 g/mol. The van der Waals surface area contributed by atoms with Gasteiger partial charge in [0.15, 0.2) is 0 Å². The lowest BCUT2D eigenvalue weighted by atomic mass is 10.4. The first kappa shape index (κ1) is 11.9. The highest BCUT2D eigenvalue weighted by atomic mass is 16.3. The smallest absolute Gasteiger partial charge is 0.225 e. The second-order valence-electron chi connectivity index (χ2n) is 3.21. The second-order valence-corrected chi connectivity index (χ2v) is 3.21. The van der Waals surface area contributed by atoms with Gasteiger partial charge < -0.3 is 15.7 Å². The van der Waals surface area contributed by atoms with Crippen molar-refractivity contribution in [1.82, 2.24) is 9.97 Å². The third-order valence-electron chi connectivity index (χ3n) is 2.16. The SMILES string of the molecule is CCN(CCCO)c1nccc(CN)n1. The minimum absolute atomic E-state index is 0.188. The van der Waals surface area contributed by atoms with Gasteiger partial charge in [-0.3, -0.25) is 0 Å². The van der Waals surface area contributed by atoms with Gasteiger partial charge in [0, 0.05) is 32.4 Å². The molecule has 0 atom stereocenters. The Morgan fingerprint density at radius 2 is 2.33 bits per heavy atom. The Hall–Kier alpha value is -1.20. The maximum atomic E-state index is 8.77. The molecule has 0 unspecified atom stereocenters. The molecule has 0 bridgehead atoms. The molecule has 1 heterocycles. The molecule has 5 nitrogen and oxygen atoms in total. The number of anilines is 1. The van der Waals surface area contributed by atoms with Gasteiger partial charge in [0.05, 0.1) is 5.69 Å². The van der Waals surface area contributed by atoms with Crippen molar-refractivity contribution in [2.24, 2.45) is 5.73 Å². The molecule has 0 aliphatic heterocycles. The van der Waals surface area contributed by atoms with Crippen molar-refractivity contribution < 1.29 is 5.11 Å². The lowest BCUT2D eigenvalue weighted by Crippen LogP contribution is -2.27. The summed E-state index contributed by atoms with van der Waals surface area (Å²) in [6.07, 6.45) is 2.44. The fraction of sp³-hybridized carbons (Fsp3) is 0.600. The highest BCUT2D eigenvalue weighted by molar-refractivity contribution is 5.29. The van der Waals surface area contributed by atoms with Crippen LogP contribution in [0.15, 0.2) is 12.3 Å². The zero-order valence-corrected chi connectivity index (χ0v) is 9.06. The fourth-order valence-corrected chi connectivity index (χ4v) is 1.31. The summed E-state index contributed by atoms with van der Waals surface area (Å²) in [4.78, 5) is 10.5. The number of aliphatic hydroxyl groups excluding tert-OH is 1. The van der Waals surface area contributed by atoms with Crippen LogP contribution in [0.5, 0.6) is 0 Å². The standard InChI is InChI=1S/C10H18N4O/c1-2-14(6-3-7-15)10-12-5-4-9(8-11)13-10/h4-5,15H,2-3,6-8,11H2,1H3. The molecule has 3 N–H and O–H groups in total. The van der Waals surface area contributed by atoms with Gasteiger partial charge in [-0.25, -0.2) is 9.97 Å². The molecule has 5 heteroatoms. The van der Waals surface area contributed by atoms with Gasteiger partial charge in [0.1, 0.15) is 0 Å². The molecular weight excluding hydrogens is 192 g/mol. The van der Waals surface area contributed by atoms with Crippen molar-refractivity contribution >= 4 is 5.95 Å². The maximum Gasteiger partial charge on any atom is 0.225 e. The molecule has 0 aliphatic carbocycles. The molecule has 1 aromatic rings. The maximum absolute atomic E-state index is 8.77.